The molecule has 0 bridgehead atoms. The highest BCUT2D eigenvalue weighted by Crippen LogP contribution is 2.31. The molecule has 5 nitrogen and oxygen atoms in total. The highest BCUT2D eigenvalue weighted by atomic mass is 35.5. The first-order valence-electron chi connectivity index (χ1n) is 12.8. The van der Waals surface area contributed by atoms with Crippen molar-refractivity contribution in [3.8, 4) is 0 Å². The third kappa shape index (κ3) is 5.69. The van der Waals surface area contributed by atoms with Gasteiger partial charge >= 0.3 is 0 Å². The van der Waals surface area contributed by atoms with Crippen molar-refractivity contribution in [2.45, 2.75) is 51.4 Å². The van der Waals surface area contributed by atoms with Crippen molar-refractivity contribution in [2.75, 3.05) is 6.54 Å². The molecule has 1 aromatic heterocycles. The molecule has 0 unspecified atom stereocenters. The van der Waals surface area contributed by atoms with Crippen molar-refractivity contribution in [3.05, 3.63) is 112 Å². The van der Waals surface area contributed by atoms with Crippen LogP contribution in [0.4, 0.5) is 0 Å². The SMILES string of the molecule is Cc1cc(C)cc(C(=O)N2CC[C@@H](NCc3ccnc4ccccc34)C[C@@H]2[C@@H](O)c2ccc(Cl)cc2)c1. The van der Waals surface area contributed by atoms with Gasteiger partial charge in [-0.05, 0) is 74.2 Å². The van der Waals surface area contributed by atoms with E-state index in [9.17, 15) is 9.90 Å². The first kappa shape index (κ1) is 25.4. The van der Waals surface area contributed by atoms with Gasteiger partial charge in [-0.15, -0.1) is 0 Å². The summed E-state index contributed by atoms with van der Waals surface area (Å²) >= 11 is 6.09. The molecule has 37 heavy (non-hydrogen) atoms. The Bertz CT molecular complexity index is 1380. The summed E-state index contributed by atoms with van der Waals surface area (Å²) in [5.41, 5.74) is 5.70. The van der Waals surface area contributed by atoms with Gasteiger partial charge in [-0.2, -0.15) is 0 Å². The number of nitrogens with zero attached hydrogens (tertiary/aromatic N) is 2. The second-order valence-electron chi connectivity index (χ2n) is 10.0. The van der Waals surface area contributed by atoms with Gasteiger partial charge in [-0.1, -0.05) is 59.1 Å². The van der Waals surface area contributed by atoms with Gasteiger partial charge in [0.2, 0.25) is 0 Å². The Hall–Kier alpha value is -3.25. The Balaban J connectivity index is 1.38. The van der Waals surface area contributed by atoms with Gasteiger partial charge < -0.3 is 15.3 Å². The van der Waals surface area contributed by atoms with Crippen LogP contribution in [0.5, 0.6) is 0 Å². The van der Waals surface area contributed by atoms with Crippen LogP contribution >= 0.6 is 11.6 Å². The minimum absolute atomic E-state index is 0.0385. The number of aliphatic hydroxyl groups excluding tert-OH is 1. The molecule has 190 valence electrons. The number of piperidine rings is 1. The van der Waals surface area contributed by atoms with Crippen LogP contribution in [0.1, 0.15) is 51.6 Å². The Morgan fingerprint density at radius 2 is 1.81 bits per heavy atom. The van der Waals surface area contributed by atoms with E-state index in [0.29, 0.717) is 30.1 Å². The molecule has 1 saturated heterocycles. The summed E-state index contributed by atoms with van der Waals surface area (Å²) in [6.45, 7) is 5.27. The lowest BCUT2D eigenvalue weighted by molar-refractivity contribution is 0.0144. The van der Waals surface area contributed by atoms with Gasteiger partial charge in [0, 0.05) is 41.3 Å². The number of likely N-dealkylation sites (tertiary alicyclic amines) is 1. The fraction of sp³-hybridized carbons (Fsp3) is 0.290. The topological polar surface area (TPSA) is 65.5 Å². The predicted molar refractivity (Wildman–Crippen MR) is 149 cm³/mol. The number of halogens is 1. The van der Waals surface area contributed by atoms with E-state index in [0.717, 1.165) is 34.0 Å². The molecule has 4 aromatic rings. The number of fused-ring (bicyclic) bond motifs is 1. The molecule has 0 spiro atoms. The zero-order valence-electron chi connectivity index (χ0n) is 21.2. The molecule has 3 aromatic carbocycles. The maximum absolute atomic E-state index is 13.7. The molecular weight excluding hydrogens is 482 g/mol. The quantitative estimate of drug-likeness (QED) is 0.332. The van der Waals surface area contributed by atoms with E-state index in [4.69, 9.17) is 11.6 Å². The molecule has 0 radical (unpaired) electrons. The number of aromatic nitrogens is 1. The number of amides is 1. The molecular formula is C31H32ClN3O2. The monoisotopic (exact) mass is 513 g/mol. The molecule has 1 aliphatic rings. The minimum Gasteiger partial charge on any atom is -0.386 e. The van der Waals surface area contributed by atoms with Gasteiger partial charge in [-0.25, -0.2) is 0 Å². The number of aliphatic hydroxyl groups is 1. The molecule has 2 heterocycles. The summed E-state index contributed by atoms with van der Waals surface area (Å²) in [4.78, 5) is 20.0. The third-order valence-electron chi connectivity index (χ3n) is 7.27. The second kappa shape index (κ2) is 11.0. The number of carbonyl (C=O) groups excluding carboxylic acids is 1. The highest BCUT2D eigenvalue weighted by Gasteiger charge is 2.37. The van der Waals surface area contributed by atoms with Crippen LogP contribution in [0.25, 0.3) is 10.9 Å². The van der Waals surface area contributed by atoms with E-state index >= 15 is 0 Å². The van der Waals surface area contributed by atoms with Gasteiger partial charge in [-0.3, -0.25) is 9.78 Å². The van der Waals surface area contributed by atoms with Crippen LogP contribution in [0, 0.1) is 13.8 Å². The second-order valence-corrected chi connectivity index (χ2v) is 10.5. The maximum Gasteiger partial charge on any atom is 0.254 e. The molecule has 6 heteroatoms. The molecule has 2 N–H and O–H groups in total. The lowest BCUT2D eigenvalue weighted by atomic mass is 9.89. The largest absolute Gasteiger partial charge is 0.386 e. The van der Waals surface area contributed by atoms with Crippen molar-refractivity contribution < 1.29 is 9.90 Å². The minimum atomic E-state index is -0.821. The Morgan fingerprint density at radius 3 is 2.57 bits per heavy atom. The summed E-state index contributed by atoms with van der Waals surface area (Å²) in [5, 5.41) is 16.9. The fourth-order valence-electron chi connectivity index (χ4n) is 5.44. The van der Waals surface area contributed by atoms with E-state index in [1.807, 2.05) is 73.5 Å². The lowest BCUT2D eigenvalue weighted by Gasteiger charge is -2.42. The van der Waals surface area contributed by atoms with Crippen molar-refractivity contribution >= 4 is 28.4 Å². The smallest absolute Gasteiger partial charge is 0.254 e. The van der Waals surface area contributed by atoms with E-state index in [1.54, 1.807) is 12.1 Å². The molecule has 0 aliphatic carbocycles. The number of para-hydroxylation sites is 1. The zero-order valence-corrected chi connectivity index (χ0v) is 21.9. The van der Waals surface area contributed by atoms with Gasteiger partial charge in [0.05, 0.1) is 17.7 Å². The number of pyridine rings is 1. The van der Waals surface area contributed by atoms with E-state index in [2.05, 4.69) is 22.4 Å². The first-order valence-corrected chi connectivity index (χ1v) is 13.2. The average Bonchev–Trinajstić information content (AvgIpc) is 2.91. The lowest BCUT2D eigenvalue weighted by Crippen LogP contribution is -2.53. The van der Waals surface area contributed by atoms with Crippen LogP contribution in [-0.4, -0.2) is 39.5 Å². The molecule has 3 atom stereocenters. The zero-order chi connectivity index (χ0) is 25.9. The van der Waals surface area contributed by atoms with E-state index in [-0.39, 0.29) is 18.0 Å². The molecule has 1 fully saturated rings. The molecule has 5 rings (SSSR count). The van der Waals surface area contributed by atoms with Crippen LogP contribution in [0.3, 0.4) is 0 Å². The highest BCUT2D eigenvalue weighted by molar-refractivity contribution is 6.30. The predicted octanol–water partition coefficient (Wildman–Crippen LogP) is 6.00. The van der Waals surface area contributed by atoms with Gasteiger partial charge in [0.1, 0.15) is 0 Å². The summed E-state index contributed by atoms with van der Waals surface area (Å²) in [7, 11) is 0. The first-order chi connectivity index (χ1) is 17.9. The van der Waals surface area contributed by atoms with E-state index in [1.165, 1.54) is 5.56 Å². The third-order valence-corrected chi connectivity index (χ3v) is 7.52. The number of rotatable bonds is 6. The van der Waals surface area contributed by atoms with Crippen molar-refractivity contribution in [1.29, 1.82) is 0 Å². The number of benzene rings is 3. The van der Waals surface area contributed by atoms with Gasteiger partial charge in [0.15, 0.2) is 0 Å². The molecule has 1 amide bonds. The Morgan fingerprint density at radius 1 is 1.08 bits per heavy atom. The molecule has 0 saturated carbocycles. The van der Waals surface area contributed by atoms with Crippen LogP contribution in [-0.2, 0) is 6.54 Å². The van der Waals surface area contributed by atoms with Gasteiger partial charge in [0.25, 0.3) is 5.91 Å². The standard InChI is InChI=1S/C31H32ClN3O2/c1-20-15-21(2)17-24(16-20)31(37)35-14-12-26(18-29(35)30(36)22-7-9-25(32)10-8-22)34-19-23-11-13-33-28-6-4-3-5-27(23)28/h3-11,13,15-17,26,29-30,34,36H,12,14,18-19H2,1-2H3/t26-,29-,30+/m1/s1. The van der Waals surface area contributed by atoms with Crippen molar-refractivity contribution in [1.82, 2.24) is 15.2 Å². The molecule has 1 aliphatic heterocycles. The number of nitrogens with one attached hydrogen (secondary N) is 1. The van der Waals surface area contributed by atoms with E-state index < -0.39 is 6.10 Å². The van der Waals surface area contributed by atoms with Crippen LogP contribution < -0.4 is 5.32 Å². The number of aryl methyl sites for hydroxylation is 2. The summed E-state index contributed by atoms with van der Waals surface area (Å²) in [5.74, 6) is -0.0385. The summed E-state index contributed by atoms with van der Waals surface area (Å²) < 4.78 is 0. The number of hydrogen-bond acceptors (Lipinski definition) is 4. The Labute approximate surface area is 223 Å². The van der Waals surface area contributed by atoms with Crippen molar-refractivity contribution in [2.24, 2.45) is 0 Å². The normalized spacial score (nSPS) is 18.6. The Kier molecular flexibility index (Phi) is 7.56. The fourth-order valence-corrected chi connectivity index (χ4v) is 5.57. The van der Waals surface area contributed by atoms with Crippen LogP contribution in [0.15, 0.2) is 79.0 Å². The average molecular weight is 514 g/mol. The number of carbonyl (C=O) groups is 1. The summed E-state index contributed by atoms with van der Waals surface area (Å²) in [6.07, 6.45) is 2.48. The van der Waals surface area contributed by atoms with Crippen LogP contribution in [0.2, 0.25) is 5.02 Å². The number of hydrogen-bond donors (Lipinski definition) is 2. The van der Waals surface area contributed by atoms with Crippen molar-refractivity contribution in [3.63, 3.8) is 0 Å². The summed E-state index contributed by atoms with van der Waals surface area (Å²) in [6, 6.07) is 23.2. The maximum atomic E-state index is 13.7.